The molecule has 0 unspecified atom stereocenters. The highest BCUT2D eigenvalue weighted by Gasteiger charge is 2.51. The third kappa shape index (κ3) is 2.92. The normalized spacial score (nSPS) is 25.2. The molecule has 1 heteroatoms. The standard InChI is InChI=1S/C17H33N/c1-15(2,3)17(11-12-17)10-9-16(4,5)18-13-7-6-8-14-18/h6-14H2,1-5H3. The number of likely N-dealkylation sites (tertiary alicyclic amines) is 1. The largest absolute Gasteiger partial charge is 0.298 e. The first-order valence-corrected chi connectivity index (χ1v) is 8.02. The van der Waals surface area contributed by atoms with Crippen molar-refractivity contribution in [3.63, 3.8) is 0 Å². The highest BCUT2D eigenvalue weighted by Crippen LogP contribution is 2.61. The zero-order chi connectivity index (χ0) is 13.4. The molecule has 0 N–H and O–H groups in total. The van der Waals surface area contributed by atoms with Gasteiger partial charge in [-0.1, -0.05) is 27.2 Å². The second-order valence-electron chi connectivity index (χ2n) is 8.39. The van der Waals surface area contributed by atoms with Crippen molar-refractivity contribution in [3.05, 3.63) is 0 Å². The summed E-state index contributed by atoms with van der Waals surface area (Å²) in [7, 11) is 0. The molecular formula is C17H33N. The van der Waals surface area contributed by atoms with E-state index in [4.69, 9.17) is 0 Å². The van der Waals surface area contributed by atoms with Crippen LogP contribution in [0.3, 0.4) is 0 Å². The van der Waals surface area contributed by atoms with Gasteiger partial charge in [-0.2, -0.15) is 0 Å². The molecule has 1 heterocycles. The van der Waals surface area contributed by atoms with Crippen molar-refractivity contribution in [2.24, 2.45) is 10.8 Å². The van der Waals surface area contributed by atoms with Crippen molar-refractivity contribution >= 4 is 0 Å². The first-order valence-electron chi connectivity index (χ1n) is 8.02. The molecule has 106 valence electrons. The van der Waals surface area contributed by atoms with Crippen molar-refractivity contribution in [1.82, 2.24) is 4.90 Å². The summed E-state index contributed by atoms with van der Waals surface area (Å²) in [4.78, 5) is 2.75. The molecule has 1 nitrogen and oxygen atoms in total. The molecule has 0 radical (unpaired) electrons. The van der Waals surface area contributed by atoms with E-state index in [9.17, 15) is 0 Å². The zero-order valence-corrected chi connectivity index (χ0v) is 13.3. The SMILES string of the molecule is CC(C)(CCC1(C(C)(C)C)CC1)N1CCCCC1. The third-order valence-corrected chi connectivity index (χ3v) is 5.87. The van der Waals surface area contributed by atoms with Gasteiger partial charge in [-0.15, -0.1) is 0 Å². The molecule has 1 saturated carbocycles. The molecule has 0 aromatic heterocycles. The number of hydrogen-bond acceptors (Lipinski definition) is 1. The van der Waals surface area contributed by atoms with Crippen molar-refractivity contribution in [3.8, 4) is 0 Å². The van der Waals surface area contributed by atoms with Crippen LogP contribution in [0.25, 0.3) is 0 Å². The molecule has 0 amide bonds. The van der Waals surface area contributed by atoms with E-state index in [0.717, 1.165) is 0 Å². The van der Waals surface area contributed by atoms with Gasteiger partial charge in [-0.3, -0.25) is 4.90 Å². The molecule has 1 saturated heterocycles. The molecule has 1 aliphatic carbocycles. The maximum absolute atomic E-state index is 2.75. The Balaban J connectivity index is 1.89. The van der Waals surface area contributed by atoms with E-state index in [0.29, 0.717) is 16.4 Å². The lowest BCUT2D eigenvalue weighted by molar-refractivity contribution is 0.0695. The van der Waals surface area contributed by atoms with Crippen LogP contribution in [0.5, 0.6) is 0 Å². The summed E-state index contributed by atoms with van der Waals surface area (Å²) >= 11 is 0. The van der Waals surface area contributed by atoms with Gasteiger partial charge in [0.2, 0.25) is 0 Å². The quantitative estimate of drug-likeness (QED) is 0.690. The fraction of sp³-hybridized carbons (Fsp3) is 1.00. The minimum absolute atomic E-state index is 0.418. The first kappa shape index (κ1) is 14.4. The maximum atomic E-state index is 2.75. The lowest BCUT2D eigenvalue weighted by Gasteiger charge is -2.43. The van der Waals surface area contributed by atoms with Crippen LogP contribution in [0, 0.1) is 10.8 Å². The van der Waals surface area contributed by atoms with Crippen molar-refractivity contribution in [2.45, 2.75) is 85.1 Å². The van der Waals surface area contributed by atoms with Crippen LogP contribution in [0.2, 0.25) is 0 Å². The molecule has 2 rings (SSSR count). The summed E-state index contributed by atoms with van der Waals surface area (Å²) < 4.78 is 0. The smallest absolute Gasteiger partial charge is 0.0153 e. The number of rotatable bonds is 4. The van der Waals surface area contributed by atoms with E-state index >= 15 is 0 Å². The average molecular weight is 251 g/mol. The Morgan fingerprint density at radius 1 is 0.889 bits per heavy atom. The Kier molecular flexibility index (Phi) is 3.84. The van der Waals surface area contributed by atoms with Crippen molar-refractivity contribution in [1.29, 1.82) is 0 Å². The third-order valence-electron chi connectivity index (χ3n) is 5.87. The van der Waals surface area contributed by atoms with Crippen LogP contribution in [0.4, 0.5) is 0 Å². The first-order chi connectivity index (χ1) is 8.27. The van der Waals surface area contributed by atoms with Gasteiger partial charge in [0.15, 0.2) is 0 Å². The predicted molar refractivity (Wildman–Crippen MR) is 79.9 cm³/mol. The molecule has 2 fully saturated rings. The molecule has 0 aromatic rings. The van der Waals surface area contributed by atoms with E-state index in [2.05, 4.69) is 39.5 Å². The van der Waals surface area contributed by atoms with E-state index in [1.807, 2.05) is 0 Å². The molecule has 2 aliphatic rings. The molecule has 0 aromatic carbocycles. The minimum atomic E-state index is 0.418. The van der Waals surface area contributed by atoms with Gasteiger partial charge in [-0.25, -0.2) is 0 Å². The van der Waals surface area contributed by atoms with Gasteiger partial charge in [0.1, 0.15) is 0 Å². The number of piperidine rings is 1. The topological polar surface area (TPSA) is 3.24 Å². The van der Waals surface area contributed by atoms with E-state index in [1.54, 1.807) is 0 Å². The van der Waals surface area contributed by atoms with E-state index in [1.165, 1.54) is 58.0 Å². The summed E-state index contributed by atoms with van der Waals surface area (Å²) in [5.74, 6) is 0. The van der Waals surface area contributed by atoms with E-state index < -0.39 is 0 Å². The van der Waals surface area contributed by atoms with Crippen LogP contribution < -0.4 is 0 Å². The van der Waals surface area contributed by atoms with E-state index in [-0.39, 0.29) is 0 Å². The Bertz CT molecular complexity index is 274. The minimum Gasteiger partial charge on any atom is -0.298 e. The Morgan fingerprint density at radius 2 is 1.44 bits per heavy atom. The fourth-order valence-electron chi connectivity index (χ4n) is 3.73. The Labute approximate surface area is 114 Å². The van der Waals surface area contributed by atoms with Gasteiger partial charge in [0.25, 0.3) is 0 Å². The maximum Gasteiger partial charge on any atom is 0.0153 e. The second-order valence-corrected chi connectivity index (χ2v) is 8.39. The Morgan fingerprint density at radius 3 is 1.89 bits per heavy atom. The van der Waals surface area contributed by atoms with Crippen LogP contribution in [0.15, 0.2) is 0 Å². The summed E-state index contributed by atoms with van der Waals surface area (Å²) in [5.41, 5.74) is 1.59. The van der Waals surface area contributed by atoms with Gasteiger partial charge >= 0.3 is 0 Å². The average Bonchev–Trinajstić information content (AvgIpc) is 3.08. The van der Waals surface area contributed by atoms with Crippen LogP contribution in [0.1, 0.15) is 79.6 Å². The van der Waals surface area contributed by atoms with Gasteiger partial charge in [0, 0.05) is 5.54 Å². The van der Waals surface area contributed by atoms with Crippen molar-refractivity contribution in [2.75, 3.05) is 13.1 Å². The van der Waals surface area contributed by atoms with Gasteiger partial charge < -0.3 is 0 Å². The summed E-state index contributed by atoms with van der Waals surface area (Å²) in [5, 5.41) is 0. The summed E-state index contributed by atoms with van der Waals surface area (Å²) in [6.45, 7) is 14.9. The zero-order valence-electron chi connectivity index (χ0n) is 13.3. The summed E-state index contributed by atoms with van der Waals surface area (Å²) in [6, 6.07) is 0. The molecule has 0 bridgehead atoms. The molecule has 0 atom stereocenters. The monoisotopic (exact) mass is 251 g/mol. The number of hydrogen-bond donors (Lipinski definition) is 0. The van der Waals surface area contributed by atoms with Crippen LogP contribution in [-0.4, -0.2) is 23.5 Å². The fourth-order valence-corrected chi connectivity index (χ4v) is 3.73. The lowest BCUT2D eigenvalue weighted by Crippen LogP contribution is -2.47. The molecule has 18 heavy (non-hydrogen) atoms. The predicted octanol–water partition coefficient (Wildman–Crippen LogP) is 4.86. The molecular weight excluding hydrogens is 218 g/mol. The second kappa shape index (κ2) is 4.81. The van der Waals surface area contributed by atoms with Gasteiger partial charge in [-0.05, 0) is 76.3 Å². The highest BCUT2D eigenvalue weighted by atomic mass is 15.2. The van der Waals surface area contributed by atoms with Crippen molar-refractivity contribution < 1.29 is 0 Å². The molecule has 1 aliphatic heterocycles. The lowest BCUT2D eigenvalue weighted by atomic mass is 9.73. The van der Waals surface area contributed by atoms with Crippen LogP contribution in [-0.2, 0) is 0 Å². The summed E-state index contributed by atoms with van der Waals surface area (Å²) in [6.07, 6.45) is 10.0. The Hall–Kier alpha value is -0.0400. The van der Waals surface area contributed by atoms with Gasteiger partial charge in [0.05, 0.1) is 0 Å². The number of nitrogens with zero attached hydrogens (tertiary/aromatic N) is 1. The van der Waals surface area contributed by atoms with Crippen LogP contribution >= 0.6 is 0 Å². The molecule has 0 spiro atoms. The highest BCUT2D eigenvalue weighted by molar-refractivity contribution is 5.02.